The fraction of sp³-hybridized carbons (Fsp3) is 0.524. The number of carbonyl (C=O) groups is 2. The number of benzene rings is 1. The van der Waals surface area contributed by atoms with Gasteiger partial charge in [0.2, 0.25) is 0 Å². The summed E-state index contributed by atoms with van der Waals surface area (Å²) in [6.45, 7) is 10.9. The van der Waals surface area contributed by atoms with E-state index in [0.29, 0.717) is 17.5 Å². The Labute approximate surface area is 176 Å². The van der Waals surface area contributed by atoms with Gasteiger partial charge in [-0.3, -0.25) is 4.57 Å². The minimum Gasteiger partial charge on any atom is -0.444 e. The van der Waals surface area contributed by atoms with Crippen LogP contribution >= 0.6 is 0 Å². The highest BCUT2D eigenvalue weighted by atomic mass is 16.6. The molecule has 2 rings (SSSR count). The molecule has 1 atom stereocenters. The molecule has 0 aliphatic carbocycles. The van der Waals surface area contributed by atoms with Crippen molar-refractivity contribution in [2.45, 2.75) is 65.2 Å². The number of carbonyl (C=O) groups excluding carboxylic acids is 2. The van der Waals surface area contributed by atoms with Crippen LogP contribution in [0.1, 0.15) is 59.6 Å². The number of amides is 1. The van der Waals surface area contributed by atoms with Crippen LogP contribution in [0.15, 0.2) is 35.6 Å². The van der Waals surface area contributed by atoms with Crippen LogP contribution in [0.2, 0.25) is 0 Å². The number of para-hydroxylation sites is 1. The zero-order valence-corrected chi connectivity index (χ0v) is 18.3. The van der Waals surface area contributed by atoms with Crippen LogP contribution in [0.25, 0.3) is 21.3 Å². The molecule has 9 heteroatoms. The van der Waals surface area contributed by atoms with E-state index in [4.69, 9.17) is 15.0 Å². The van der Waals surface area contributed by atoms with Gasteiger partial charge in [0.15, 0.2) is 0 Å². The van der Waals surface area contributed by atoms with E-state index in [0.717, 1.165) is 5.39 Å². The van der Waals surface area contributed by atoms with Crippen molar-refractivity contribution in [3.05, 3.63) is 46.5 Å². The molecule has 0 radical (unpaired) electrons. The van der Waals surface area contributed by atoms with Crippen LogP contribution in [-0.2, 0) is 9.47 Å². The van der Waals surface area contributed by atoms with Crippen LogP contribution in [0.4, 0.5) is 9.59 Å². The van der Waals surface area contributed by atoms with E-state index >= 15 is 0 Å². The molecule has 1 heterocycles. The predicted octanol–water partition coefficient (Wildman–Crippen LogP) is 5.69. The monoisotopic (exact) mass is 415 g/mol. The van der Waals surface area contributed by atoms with E-state index in [1.807, 2.05) is 18.2 Å². The van der Waals surface area contributed by atoms with Crippen LogP contribution in [0.3, 0.4) is 0 Å². The maximum absolute atomic E-state index is 12.7. The minimum atomic E-state index is -0.663. The van der Waals surface area contributed by atoms with Crippen LogP contribution in [0, 0.1) is 0 Å². The van der Waals surface area contributed by atoms with Gasteiger partial charge in [-0.05, 0) is 59.6 Å². The quantitative estimate of drug-likeness (QED) is 0.383. The fourth-order valence-electron chi connectivity index (χ4n) is 2.93. The fourth-order valence-corrected chi connectivity index (χ4v) is 2.93. The summed E-state index contributed by atoms with van der Waals surface area (Å²) in [6.07, 6.45) is 0.876. The van der Waals surface area contributed by atoms with Crippen molar-refractivity contribution in [1.82, 2.24) is 9.88 Å². The van der Waals surface area contributed by atoms with Crippen molar-refractivity contribution < 1.29 is 19.1 Å². The van der Waals surface area contributed by atoms with Gasteiger partial charge in [0, 0.05) is 28.6 Å². The smallest absolute Gasteiger partial charge is 0.419 e. The van der Waals surface area contributed by atoms with Crippen molar-refractivity contribution in [2.24, 2.45) is 5.11 Å². The lowest BCUT2D eigenvalue weighted by Crippen LogP contribution is -2.35. The van der Waals surface area contributed by atoms with E-state index in [1.54, 1.807) is 53.8 Å². The molecule has 0 aliphatic heterocycles. The maximum Gasteiger partial charge on any atom is 0.419 e. The molecule has 0 saturated carbocycles. The molecule has 1 N–H and O–H groups in total. The molecule has 0 unspecified atom stereocenters. The summed E-state index contributed by atoms with van der Waals surface area (Å²) in [7, 11) is 0. The van der Waals surface area contributed by atoms with E-state index in [2.05, 4.69) is 15.3 Å². The summed E-state index contributed by atoms with van der Waals surface area (Å²) in [4.78, 5) is 27.9. The Morgan fingerprint density at radius 3 is 2.37 bits per heavy atom. The normalized spacial score (nSPS) is 12.7. The molecule has 0 fully saturated rings. The average molecular weight is 415 g/mol. The van der Waals surface area contributed by atoms with Gasteiger partial charge < -0.3 is 14.8 Å². The first-order valence-corrected chi connectivity index (χ1v) is 9.75. The van der Waals surface area contributed by atoms with Gasteiger partial charge in [-0.25, -0.2) is 9.59 Å². The number of ether oxygens (including phenoxy) is 2. The van der Waals surface area contributed by atoms with Crippen LogP contribution in [-0.4, -0.2) is 34.5 Å². The largest absolute Gasteiger partial charge is 0.444 e. The summed E-state index contributed by atoms with van der Waals surface area (Å²) in [5.74, 6) is 0. The summed E-state index contributed by atoms with van der Waals surface area (Å²) < 4.78 is 12.3. The molecule has 0 aliphatic rings. The van der Waals surface area contributed by atoms with E-state index in [1.165, 1.54) is 4.57 Å². The van der Waals surface area contributed by atoms with Crippen molar-refractivity contribution in [2.75, 3.05) is 6.54 Å². The number of nitrogens with zero attached hydrogens (tertiary/aromatic N) is 4. The molecular weight excluding hydrogens is 386 g/mol. The van der Waals surface area contributed by atoms with Gasteiger partial charge in [-0.2, -0.15) is 0 Å². The molecule has 162 valence electrons. The first-order chi connectivity index (χ1) is 13.9. The third kappa shape index (κ3) is 6.42. The Morgan fingerprint density at radius 2 is 1.77 bits per heavy atom. The second-order valence-corrected chi connectivity index (χ2v) is 8.89. The standard InChI is InChI=1S/C21H29N5O4/c1-20(2,3)29-18(27)24-16(11-12-23-25-22)15-13-26(19(28)30-21(4,5)6)17-10-8-7-9-14(15)17/h7-10,13,16H,11-12H2,1-6H3,(H,24,27)/t16-/m1/s1. The molecule has 1 amide bonds. The Morgan fingerprint density at radius 1 is 1.13 bits per heavy atom. The second-order valence-electron chi connectivity index (χ2n) is 8.89. The van der Waals surface area contributed by atoms with E-state index in [-0.39, 0.29) is 6.54 Å². The highest BCUT2D eigenvalue weighted by Gasteiger charge is 2.26. The third-order valence-corrected chi connectivity index (χ3v) is 3.98. The van der Waals surface area contributed by atoms with Crippen molar-refractivity contribution in [3.8, 4) is 0 Å². The van der Waals surface area contributed by atoms with Crippen LogP contribution in [0.5, 0.6) is 0 Å². The Balaban J connectivity index is 2.46. The minimum absolute atomic E-state index is 0.170. The maximum atomic E-state index is 12.7. The van der Waals surface area contributed by atoms with E-state index in [9.17, 15) is 9.59 Å². The highest BCUT2D eigenvalue weighted by Crippen LogP contribution is 2.29. The van der Waals surface area contributed by atoms with Gasteiger partial charge in [0.25, 0.3) is 0 Å². The Kier molecular flexibility index (Phi) is 7.00. The van der Waals surface area contributed by atoms with Gasteiger partial charge in [-0.15, -0.1) is 0 Å². The van der Waals surface area contributed by atoms with Crippen molar-refractivity contribution >= 4 is 23.1 Å². The third-order valence-electron chi connectivity index (χ3n) is 3.98. The number of fused-ring (bicyclic) bond motifs is 1. The lowest BCUT2D eigenvalue weighted by molar-refractivity contribution is 0.0501. The average Bonchev–Trinajstić information content (AvgIpc) is 2.98. The number of alkyl carbamates (subject to hydrolysis) is 1. The first kappa shape index (κ1) is 23.1. The summed E-state index contributed by atoms with van der Waals surface area (Å²) in [5.41, 5.74) is 8.66. The first-order valence-electron chi connectivity index (χ1n) is 9.75. The number of aromatic nitrogens is 1. The van der Waals surface area contributed by atoms with Gasteiger partial charge in [0.05, 0.1) is 11.6 Å². The molecule has 9 nitrogen and oxygen atoms in total. The number of hydrogen-bond acceptors (Lipinski definition) is 5. The zero-order valence-electron chi connectivity index (χ0n) is 18.3. The molecular formula is C21H29N5O4. The number of rotatable bonds is 5. The highest BCUT2D eigenvalue weighted by molar-refractivity contribution is 5.92. The number of nitrogens with one attached hydrogen (secondary N) is 1. The van der Waals surface area contributed by atoms with E-state index < -0.39 is 29.4 Å². The van der Waals surface area contributed by atoms with Gasteiger partial charge in [-0.1, -0.05) is 23.3 Å². The Hall–Kier alpha value is -3.19. The topological polar surface area (TPSA) is 118 Å². The summed E-state index contributed by atoms with van der Waals surface area (Å²) in [5, 5.41) is 7.19. The predicted molar refractivity (Wildman–Crippen MR) is 114 cm³/mol. The lowest BCUT2D eigenvalue weighted by atomic mass is 10.0. The number of hydrogen-bond donors (Lipinski definition) is 1. The molecule has 30 heavy (non-hydrogen) atoms. The Bertz CT molecular complexity index is 962. The number of azide groups is 1. The van der Waals surface area contributed by atoms with Crippen LogP contribution < -0.4 is 5.32 Å². The van der Waals surface area contributed by atoms with Crippen molar-refractivity contribution in [1.29, 1.82) is 0 Å². The molecule has 1 aromatic heterocycles. The summed E-state index contributed by atoms with van der Waals surface area (Å²) in [6, 6.07) is 6.81. The zero-order chi connectivity index (χ0) is 22.5. The van der Waals surface area contributed by atoms with Gasteiger partial charge in [0.1, 0.15) is 11.2 Å². The molecule has 0 bridgehead atoms. The molecule has 0 spiro atoms. The SMILES string of the molecule is CC(C)(C)OC(=O)N[C@H](CCN=[N+]=[N-])c1cn(C(=O)OC(C)(C)C)c2ccccc12. The lowest BCUT2D eigenvalue weighted by Gasteiger charge is -2.23. The van der Waals surface area contributed by atoms with Gasteiger partial charge >= 0.3 is 12.2 Å². The second kappa shape index (κ2) is 9.09. The molecule has 2 aromatic rings. The molecule has 1 aromatic carbocycles. The van der Waals surface area contributed by atoms with Crippen molar-refractivity contribution in [3.63, 3.8) is 0 Å². The summed E-state index contributed by atoms with van der Waals surface area (Å²) >= 11 is 0. The molecule has 0 saturated heterocycles.